The molecule has 0 saturated heterocycles. The molecule has 3 heterocycles. The third-order valence-electron chi connectivity index (χ3n) is 4.03. The number of pyridine rings is 2. The van der Waals surface area contributed by atoms with Crippen molar-refractivity contribution in [2.24, 2.45) is 7.05 Å². The highest BCUT2D eigenvalue weighted by molar-refractivity contribution is 9.10. The molecule has 4 rings (SSSR count). The lowest BCUT2D eigenvalue weighted by Gasteiger charge is -2.15. The van der Waals surface area contributed by atoms with Gasteiger partial charge in [-0.15, -0.1) is 0 Å². The Labute approximate surface area is 133 Å². The molecule has 2 aliphatic rings. The predicted octanol–water partition coefficient (Wildman–Crippen LogP) is 2.47. The van der Waals surface area contributed by atoms with Gasteiger partial charge >= 0.3 is 5.56 Å². The Morgan fingerprint density at radius 1 is 1.09 bits per heavy atom. The normalized spacial score (nSPS) is 11.8. The molecule has 0 radical (unpaired) electrons. The topological polar surface area (TPSA) is 52.7 Å². The van der Waals surface area contributed by atoms with Crippen molar-refractivity contribution in [3.8, 4) is 17.1 Å². The van der Waals surface area contributed by atoms with Gasteiger partial charge in [0.15, 0.2) is 5.75 Å². The van der Waals surface area contributed by atoms with Gasteiger partial charge in [0.05, 0.1) is 18.3 Å². The van der Waals surface area contributed by atoms with Crippen LogP contribution in [0.25, 0.3) is 27.7 Å². The first-order valence-electron chi connectivity index (χ1n) is 6.67. The van der Waals surface area contributed by atoms with E-state index in [0.29, 0.717) is 11.4 Å². The fourth-order valence-electron chi connectivity index (χ4n) is 3.09. The highest BCUT2D eigenvalue weighted by Gasteiger charge is 2.26. The summed E-state index contributed by atoms with van der Waals surface area (Å²) in [6.45, 7) is 0. The van der Waals surface area contributed by atoms with E-state index in [4.69, 9.17) is 4.74 Å². The fraction of sp³-hybridized carbons (Fsp3) is 0.125. The van der Waals surface area contributed by atoms with Gasteiger partial charge in [0, 0.05) is 28.5 Å². The van der Waals surface area contributed by atoms with Crippen molar-refractivity contribution in [2.45, 2.75) is 0 Å². The minimum absolute atomic E-state index is 0.0903. The van der Waals surface area contributed by atoms with Crippen LogP contribution in [0.3, 0.4) is 0 Å². The van der Waals surface area contributed by atoms with Gasteiger partial charge < -0.3 is 9.30 Å². The van der Waals surface area contributed by atoms with Crippen molar-refractivity contribution in [3.63, 3.8) is 0 Å². The maximum Gasteiger partial charge on any atom is 0.307 e. The molecule has 0 fully saturated rings. The SMILES string of the molecule is COc1c2n(C)ccc3c-2n(c(=O)c1=O)c1ccc(Br)cc31. The Hall–Kier alpha value is -2.34. The third kappa shape index (κ3) is 1.47. The molecule has 22 heavy (non-hydrogen) atoms. The van der Waals surface area contributed by atoms with Crippen molar-refractivity contribution < 1.29 is 4.74 Å². The van der Waals surface area contributed by atoms with E-state index >= 15 is 0 Å². The summed E-state index contributed by atoms with van der Waals surface area (Å²) in [6, 6.07) is 7.60. The Bertz CT molecular complexity index is 1130. The summed E-state index contributed by atoms with van der Waals surface area (Å²) in [4.78, 5) is 24.9. The lowest BCUT2D eigenvalue weighted by atomic mass is 10.1. The minimum Gasteiger partial charge on any atom is -0.491 e. The summed E-state index contributed by atoms with van der Waals surface area (Å²) in [7, 11) is 3.24. The Kier molecular flexibility index (Phi) is 2.62. The first kappa shape index (κ1) is 13.3. The van der Waals surface area contributed by atoms with E-state index in [1.54, 1.807) is 4.57 Å². The number of ether oxygens (including phenoxy) is 1. The molecule has 0 N–H and O–H groups in total. The van der Waals surface area contributed by atoms with Gasteiger partial charge in [0.25, 0.3) is 5.43 Å². The zero-order valence-corrected chi connectivity index (χ0v) is 13.5. The maximum atomic E-state index is 12.5. The van der Waals surface area contributed by atoms with E-state index < -0.39 is 11.0 Å². The second-order valence-electron chi connectivity index (χ2n) is 5.20. The van der Waals surface area contributed by atoms with E-state index in [1.807, 2.05) is 37.5 Å². The van der Waals surface area contributed by atoms with E-state index in [-0.39, 0.29) is 5.75 Å². The maximum absolute atomic E-state index is 12.5. The van der Waals surface area contributed by atoms with E-state index in [9.17, 15) is 9.59 Å². The van der Waals surface area contributed by atoms with Crippen molar-refractivity contribution in [3.05, 3.63) is 55.5 Å². The number of rotatable bonds is 1. The van der Waals surface area contributed by atoms with Crippen LogP contribution in [-0.4, -0.2) is 16.1 Å². The van der Waals surface area contributed by atoms with E-state index in [2.05, 4.69) is 15.9 Å². The van der Waals surface area contributed by atoms with Crippen LogP contribution < -0.4 is 15.7 Å². The van der Waals surface area contributed by atoms with Crippen LogP contribution >= 0.6 is 15.9 Å². The number of methoxy groups -OCH3 is 1. The molecule has 1 aromatic heterocycles. The second-order valence-corrected chi connectivity index (χ2v) is 6.12. The van der Waals surface area contributed by atoms with Crippen LogP contribution in [0.15, 0.2) is 44.5 Å². The quantitative estimate of drug-likeness (QED) is 0.491. The summed E-state index contributed by atoms with van der Waals surface area (Å²) in [5, 5.41) is 1.84. The summed E-state index contributed by atoms with van der Waals surface area (Å²) < 4.78 is 9.43. The molecule has 2 aliphatic heterocycles. The monoisotopic (exact) mass is 358 g/mol. The molecule has 2 aromatic rings. The molecule has 0 aliphatic carbocycles. The number of halogens is 1. The summed E-state index contributed by atoms with van der Waals surface area (Å²) in [6.07, 6.45) is 1.87. The molecule has 1 aromatic carbocycles. The smallest absolute Gasteiger partial charge is 0.307 e. The molecule has 110 valence electrons. The van der Waals surface area contributed by atoms with Gasteiger partial charge in [-0.3, -0.25) is 14.0 Å². The zero-order chi connectivity index (χ0) is 15.6. The molecule has 0 bridgehead atoms. The predicted molar refractivity (Wildman–Crippen MR) is 88.5 cm³/mol. The van der Waals surface area contributed by atoms with Crippen molar-refractivity contribution in [1.82, 2.24) is 8.97 Å². The third-order valence-corrected chi connectivity index (χ3v) is 4.53. The van der Waals surface area contributed by atoms with Crippen molar-refractivity contribution >= 4 is 32.2 Å². The van der Waals surface area contributed by atoms with Crippen LogP contribution in [0.5, 0.6) is 5.75 Å². The average molecular weight is 359 g/mol. The van der Waals surface area contributed by atoms with Gasteiger partial charge in [0.1, 0.15) is 5.69 Å². The van der Waals surface area contributed by atoms with Gasteiger partial charge in [-0.25, -0.2) is 0 Å². The van der Waals surface area contributed by atoms with Gasteiger partial charge in [-0.2, -0.15) is 0 Å². The Morgan fingerprint density at radius 3 is 2.59 bits per heavy atom. The molecule has 6 heteroatoms. The standard InChI is InChI=1S/C16H11BrN2O3/c1-18-6-5-9-10-7-8(17)3-4-11(10)19-12(9)13(18)15(22-2)14(20)16(19)21/h3-7H,1-2H3. The van der Waals surface area contributed by atoms with Crippen LogP contribution in [0.4, 0.5) is 0 Å². The highest BCUT2D eigenvalue weighted by Crippen LogP contribution is 2.38. The van der Waals surface area contributed by atoms with Crippen LogP contribution in [0.1, 0.15) is 0 Å². The van der Waals surface area contributed by atoms with Crippen molar-refractivity contribution in [1.29, 1.82) is 0 Å². The summed E-state index contributed by atoms with van der Waals surface area (Å²) in [5.41, 5.74) is 0.840. The average Bonchev–Trinajstić information content (AvgIpc) is 2.82. The molecular formula is C16H11BrN2O3. The first-order valence-corrected chi connectivity index (χ1v) is 7.46. The number of aryl methyl sites for hydroxylation is 1. The largest absolute Gasteiger partial charge is 0.491 e. The first-order chi connectivity index (χ1) is 10.5. The zero-order valence-electron chi connectivity index (χ0n) is 11.9. The molecule has 5 nitrogen and oxygen atoms in total. The van der Waals surface area contributed by atoms with Gasteiger partial charge in [-0.05, 0) is 24.3 Å². The number of benzene rings is 1. The number of hydrogen-bond acceptors (Lipinski definition) is 3. The number of fused-ring (bicyclic) bond motifs is 3. The Balaban J connectivity index is 2.45. The van der Waals surface area contributed by atoms with E-state index in [1.165, 1.54) is 11.5 Å². The second kappa shape index (κ2) is 4.33. The molecule has 0 amide bonds. The molecule has 0 spiro atoms. The summed E-state index contributed by atoms with van der Waals surface area (Å²) in [5.74, 6) is 0.0903. The fourth-order valence-corrected chi connectivity index (χ4v) is 3.45. The minimum atomic E-state index is -0.626. The Morgan fingerprint density at radius 2 is 1.86 bits per heavy atom. The van der Waals surface area contributed by atoms with Crippen LogP contribution in [0.2, 0.25) is 0 Å². The van der Waals surface area contributed by atoms with E-state index in [0.717, 1.165) is 20.8 Å². The van der Waals surface area contributed by atoms with Crippen LogP contribution in [-0.2, 0) is 7.05 Å². The summed E-state index contributed by atoms with van der Waals surface area (Å²) >= 11 is 3.45. The molecule has 0 unspecified atom stereocenters. The molecule has 0 atom stereocenters. The van der Waals surface area contributed by atoms with Crippen LogP contribution in [0, 0.1) is 0 Å². The number of aromatic nitrogens is 2. The van der Waals surface area contributed by atoms with Gasteiger partial charge in [-0.1, -0.05) is 15.9 Å². The number of nitrogens with zero attached hydrogens (tertiary/aromatic N) is 2. The van der Waals surface area contributed by atoms with Crippen molar-refractivity contribution in [2.75, 3.05) is 7.11 Å². The lowest BCUT2D eigenvalue weighted by molar-refractivity contribution is 0.407. The molecular weight excluding hydrogens is 348 g/mol. The number of hydrogen-bond donors (Lipinski definition) is 0. The van der Waals surface area contributed by atoms with Gasteiger partial charge in [0.2, 0.25) is 0 Å². The lowest BCUT2D eigenvalue weighted by Crippen LogP contribution is -2.33. The highest BCUT2D eigenvalue weighted by atomic mass is 79.9. The molecule has 0 saturated carbocycles.